The van der Waals surface area contributed by atoms with E-state index in [0.29, 0.717) is 26.0 Å². The Hall–Kier alpha value is -1.59. The zero-order valence-electron chi connectivity index (χ0n) is 7.32. The lowest BCUT2D eigenvalue weighted by Crippen LogP contribution is -2.58. The summed E-state index contributed by atoms with van der Waals surface area (Å²) >= 11 is 0. The van der Waals surface area contributed by atoms with Gasteiger partial charge in [0, 0.05) is 13.1 Å². The number of rotatable bonds is 3. The molecule has 6 nitrogen and oxygen atoms in total. The molecule has 0 atom stereocenters. The second-order valence-electron chi connectivity index (χ2n) is 2.59. The average Bonchev–Trinajstić information content (AvgIpc) is 2.14. The summed E-state index contributed by atoms with van der Waals surface area (Å²) in [5, 5.41) is 1.02. The molecule has 1 N–H and O–H groups in total. The quantitative estimate of drug-likeness (QED) is 0.422. The Labute approximate surface area is 75.4 Å². The standard InChI is InChI=1S/C7H11N3O3/c1-2-9-3-4-10(8-5-11)7(13)6(9)12/h5H,2-4H2,1H3,(H,8,11). The summed E-state index contributed by atoms with van der Waals surface area (Å²) in [6.45, 7) is 3.12. The van der Waals surface area contributed by atoms with E-state index in [-0.39, 0.29) is 0 Å². The van der Waals surface area contributed by atoms with Crippen molar-refractivity contribution in [2.24, 2.45) is 0 Å². The molecule has 0 bridgehead atoms. The van der Waals surface area contributed by atoms with E-state index in [0.717, 1.165) is 5.01 Å². The summed E-state index contributed by atoms with van der Waals surface area (Å²) in [5.41, 5.74) is 2.17. The fourth-order valence-electron chi connectivity index (χ4n) is 1.16. The average molecular weight is 185 g/mol. The van der Waals surface area contributed by atoms with E-state index >= 15 is 0 Å². The van der Waals surface area contributed by atoms with Gasteiger partial charge in [0.25, 0.3) is 0 Å². The number of piperazine rings is 1. The Kier molecular flexibility index (Phi) is 2.84. The van der Waals surface area contributed by atoms with Crippen LogP contribution in [-0.2, 0) is 14.4 Å². The van der Waals surface area contributed by atoms with E-state index in [1.54, 1.807) is 6.92 Å². The first-order valence-electron chi connectivity index (χ1n) is 4.01. The van der Waals surface area contributed by atoms with E-state index in [4.69, 9.17) is 0 Å². The van der Waals surface area contributed by atoms with Gasteiger partial charge in [0.1, 0.15) is 0 Å². The second kappa shape index (κ2) is 3.88. The molecule has 72 valence electrons. The van der Waals surface area contributed by atoms with Gasteiger partial charge in [0.2, 0.25) is 6.41 Å². The highest BCUT2D eigenvalue weighted by Crippen LogP contribution is 2.01. The van der Waals surface area contributed by atoms with Gasteiger partial charge in [-0.25, -0.2) is 5.01 Å². The Balaban J connectivity index is 2.64. The molecule has 1 aliphatic rings. The summed E-state index contributed by atoms with van der Waals surface area (Å²) < 4.78 is 0. The third kappa shape index (κ3) is 1.77. The van der Waals surface area contributed by atoms with Crippen LogP contribution < -0.4 is 5.43 Å². The third-order valence-corrected chi connectivity index (χ3v) is 1.90. The molecule has 0 unspecified atom stereocenters. The first-order chi connectivity index (χ1) is 6.20. The lowest BCUT2D eigenvalue weighted by Gasteiger charge is -2.31. The molecule has 0 aromatic rings. The normalized spacial score (nSPS) is 17.6. The molecule has 13 heavy (non-hydrogen) atoms. The molecule has 1 saturated heterocycles. The smallest absolute Gasteiger partial charge is 0.330 e. The number of hydrogen-bond donors (Lipinski definition) is 1. The van der Waals surface area contributed by atoms with E-state index in [9.17, 15) is 14.4 Å². The number of hydrazine groups is 1. The van der Waals surface area contributed by atoms with Gasteiger partial charge in [0.05, 0.1) is 6.54 Å². The van der Waals surface area contributed by atoms with Crippen molar-refractivity contribution in [1.29, 1.82) is 0 Å². The van der Waals surface area contributed by atoms with Crippen molar-refractivity contribution >= 4 is 18.2 Å². The number of hydrogen-bond acceptors (Lipinski definition) is 3. The van der Waals surface area contributed by atoms with Gasteiger partial charge in [-0.1, -0.05) is 0 Å². The maximum atomic E-state index is 11.2. The van der Waals surface area contributed by atoms with Crippen molar-refractivity contribution < 1.29 is 14.4 Å². The maximum absolute atomic E-state index is 11.2. The first-order valence-corrected chi connectivity index (χ1v) is 4.01. The van der Waals surface area contributed by atoms with Crippen molar-refractivity contribution in [3.05, 3.63) is 0 Å². The Morgan fingerprint density at radius 2 is 2.08 bits per heavy atom. The second-order valence-corrected chi connectivity index (χ2v) is 2.59. The predicted octanol–water partition coefficient (Wildman–Crippen LogP) is -1.66. The number of nitrogens with zero attached hydrogens (tertiary/aromatic N) is 2. The molecule has 6 heteroatoms. The van der Waals surface area contributed by atoms with Gasteiger partial charge >= 0.3 is 11.8 Å². The number of carbonyl (C=O) groups excluding carboxylic acids is 3. The summed E-state index contributed by atoms with van der Waals surface area (Å²) in [6.07, 6.45) is 0.382. The Morgan fingerprint density at radius 3 is 2.62 bits per heavy atom. The molecule has 0 spiro atoms. The van der Waals surface area contributed by atoms with Crippen LogP contribution >= 0.6 is 0 Å². The van der Waals surface area contributed by atoms with Crippen LogP contribution in [0.25, 0.3) is 0 Å². The monoisotopic (exact) mass is 185 g/mol. The predicted molar refractivity (Wildman–Crippen MR) is 43.2 cm³/mol. The molecule has 0 saturated carbocycles. The zero-order valence-corrected chi connectivity index (χ0v) is 7.32. The number of likely N-dealkylation sites (N-methyl/N-ethyl adjacent to an activating group) is 1. The molecule has 0 aromatic carbocycles. The van der Waals surface area contributed by atoms with Crippen molar-refractivity contribution in [3.63, 3.8) is 0 Å². The van der Waals surface area contributed by atoms with Crippen LogP contribution in [0.2, 0.25) is 0 Å². The van der Waals surface area contributed by atoms with Crippen LogP contribution in [0.15, 0.2) is 0 Å². The molecule has 1 rings (SSSR count). The fraction of sp³-hybridized carbons (Fsp3) is 0.571. The number of nitrogens with one attached hydrogen (secondary N) is 1. The maximum Gasteiger partial charge on any atom is 0.330 e. The molecule has 0 aromatic heterocycles. The van der Waals surface area contributed by atoms with Gasteiger partial charge < -0.3 is 4.90 Å². The van der Waals surface area contributed by atoms with E-state index < -0.39 is 11.8 Å². The van der Waals surface area contributed by atoms with E-state index in [2.05, 4.69) is 5.43 Å². The minimum atomic E-state index is -0.680. The summed E-state index contributed by atoms with van der Waals surface area (Å²) in [7, 11) is 0. The lowest BCUT2D eigenvalue weighted by atomic mass is 10.3. The third-order valence-electron chi connectivity index (χ3n) is 1.90. The summed E-state index contributed by atoms with van der Waals surface area (Å²) in [6, 6.07) is 0. The number of carbonyl (C=O) groups is 3. The molecular formula is C7H11N3O3. The van der Waals surface area contributed by atoms with Gasteiger partial charge in [-0.15, -0.1) is 0 Å². The zero-order chi connectivity index (χ0) is 9.84. The van der Waals surface area contributed by atoms with Crippen molar-refractivity contribution in [1.82, 2.24) is 15.3 Å². The van der Waals surface area contributed by atoms with Crippen molar-refractivity contribution in [2.75, 3.05) is 19.6 Å². The lowest BCUT2D eigenvalue weighted by molar-refractivity contribution is -0.158. The minimum Gasteiger partial charge on any atom is -0.333 e. The molecule has 0 aliphatic carbocycles. The highest BCUT2D eigenvalue weighted by Gasteiger charge is 2.31. The highest BCUT2D eigenvalue weighted by atomic mass is 16.2. The van der Waals surface area contributed by atoms with Crippen LogP contribution in [0.4, 0.5) is 0 Å². The topological polar surface area (TPSA) is 69.7 Å². The molecule has 0 radical (unpaired) electrons. The van der Waals surface area contributed by atoms with Gasteiger partial charge in [0.15, 0.2) is 0 Å². The Bertz CT molecular complexity index is 241. The molecular weight excluding hydrogens is 174 g/mol. The molecule has 3 amide bonds. The van der Waals surface area contributed by atoms with Crippen LogP contribution in [0, 0.1) is 0 Å². The van der Waals surface area contributed by atoms with E-state index in [1.165, 1.54) is 4.90 Å². The Morgan fingerprint density at radius 1 is 1.38 bits per heavy atom. The molecule has 1 aliphatic heterocycles. The molecule has 1 heterocycles. The van der Waals surface area contributed by atoms with Gasteiger partial charge in [-0.3, -0.25) is 19.8 Å². The van der Waals surface area contributed by atoms with Crippen LogP contribution in [-0.4, -0.2) is 47.8 Å². The van der Waals surface area contributed by atoms with Gasteiger partial charge in [-0.2, -0.15) is 0 Å². The largest absolute Gasteiger partial charge is 0.333 e. The first kappa shape index (κ1) is 9.50. The van der Waals surface area contributed by atoms with Crippen LogP contribution in [0.3, 0.4) is 0 Å². The highest BCUT2D eigenvalue weighted by molar-refractivity contribution is 6.35. The molecule has 1 fully saturated rings. The minimum absolute atomic E-state index is 0.344. The van der Waals surface area contributed by atoms with Crippen LogP contribution in [0.1, 0.15) is 6.92 Å². The van der Waals surface area contributed by atoms with Crippen molar-refractivity contribution in [2.45, 2.75) is 6.92 Å². The number of amides is 3. The van der Waals surface area contributed by atoms with Crippen molar-refractivity contribution in [3.8, 4) is 0 Å². The van der Waals surface area contributed by atoms with Gasteiger partial charge in [-0.05, 0) is 6.92 Å². The fourth-order valence-corrected chi connectivity index (χ4v) is 1.16. The summed E-state index contributed by atoms with van der Waals surface area (Å²) in [5.74, 6) is -1.25. The van der Waals surface area contributed by atoms with E-state index in [1.807, 2.05) is 0 Å². The van der Waals surface area contributed by atoms with Crippen LogP contribution in [0.5, 0.6) is 0 Å². The SMILES string of the molecule is CCN1CCN(NC=O)C(=O)C1=O. The summed E-state index contributed by atoms with van der Waals surface area (Å²) in [4.78, 5) is 33.9.